The maximum absolute atomic E-state index is 13.9. The summed E-state index contributed by atoms with van der Waals surface area (Å²) < 4.78 is 322. The zero-order chi connectivity index (χ0) is 40.3. The van der Waals surface area contributed by atoms with Crippen molar-refractivity contribution < 1.29 is 139 Å². The first-order chi connectivity index (χ1) is 22.0. The lowest BCUT2D eigenvalue weighted by atomic mass is 9.94. The number of halogens is 24. The van der Waals surface area contributed by atoms with Crippen LogP contribution in [0.25, 0.3) is 0 Å². The van der Waals surface area contributed by atoms with Gasteiger partial charge in [-0.05, 0) is 6.08 Å². The highest BCUT2D eigenvalue weighted by Crippen LogP contribution is 2.58. The molecule has 0 amide bonds. The number of carbonyl (C=O) groups is 1. The largest absolute Gasteiger partial charge is 0.461 e. The minimum absolute atomic E-state index is 0.940. The highest BCUT2D eigenvalue weighted by atomic mass is 32.2. The summed E-state index contributed by atoms with van der Waals surface area (Å²) >= 11 is -1.22. The molecule has 0 heterocycles. The summed E-state index contributed by atoms with van der Waals surface area (Å²) in [6.45, 7) is -3.79. The Morgan fingerprint density at radius 2 is 1.08 bits per heavy atom. The monoisotopic (exact) mass is 826 g/mol. The fraction of sp³-hybridized carbons (Fsp3) is 0.833. The van der Waals surface area contributed by atoms with Crippen LogP contribution in [-0.4, -0.2) is 95.8 Å². The van der Waals surface area contributed by atoms with Gasteiger partial charge in [0.15, 0.2) is 11.9 Å². The van der Waals surface area contributed by atoms with Crippen LogP contribution >= 0.6 is 12.0 Å². The Kier molecular flexibility index (Phi) is 14.9. The third kappa shape index (κ3) is 9.30. The summed E-state index contributed by atoms with van der Waals surface area (Å²) in [7, 11) is 0. The number of carbonyl (C=O) groups excluding carboxylic acids is 1. The number of ether oxygens (including phenoxy) is 1. The molecule has 0 radical (unpaired) electrons. The fourth-order valence-corrected chi connectivity index (χ4v) is 2.86. The molecule has 298 valence electrons. The summed E-state index contributed by atoms with van der Waals surface area (Å²) in [6, 6.07) is 0. The average molecular weight is 826 g/mol. The van der Waals surface area contributed by atoms with E-state index in [0.29, 0.717) is 0 Å². The second-order valence-corrected chi connectivity index (χ2v) is 9.51. The van der Waals surface area contributed by atoms with Gasteiger partial charge in [0.25, 0.3) is 0 Å². The first kappa shape index (κ1) is 47.5. The lowest BCUT2D eigenvalue weighted by Gasteiger charge is -2.38. The van der Waals surface area contributed by atoms with E-state index in [1.165, 1.54) is 0 Å². The predicted molar refractivity (Wildman–Crippen MR) is 105 cm³/mol. The molecule has 0 fully saturated rings. The lowest BCUT2D eigenvalue weighted by Crippen LogP contribution is -2.69. The molecule has 1 atom stereocenters. The van der Waals surface area contributed by atoms with Gasteiger partial charge in [-0.3, -0.25) is 4.79 Å². The summed E-state index contributed by atoms with van der Waals surface area (Å²) in [5.74, 6) is -64.7. The summed E-state index contributed by atoms with van der Waals surface area (Å²) in [5.41, 5.74) is 0. The molecular formula is C18H10F24O7S. The van der Waals surface area contributed by atoms with Gasteiger partial charge in [0.1, 0.15) is 5.76 Å². The number of rotatable bonds is 21. The highest BCUT2D eigenvalue weighted by Gasteiger charge is 2.88. The van der Waals surface area contributed by atoms with Crippen LogP contribution in [0.5, 0.6) is 0 Å². The van der Waals surface area contributed by atoms with Crippen molar-refractivity contribution in [2.75, 3.05) is 6.61 Å². The summed E-state index contributed by atoms with van der Waals surface area (Å²) in [6.07, 6.45) is -27.7. The Hall–Kier alpha value is -2.48. The van der Waals surface area contributed by atoms with Gasteiger partial charge in [0.05, 0.1) is 18.5 Å². The third-order valence-electron chi connectivity index (χ3n) is 5.12. The van der Waals surface area contributed by atoms with Crippen LogP contribution < -0.4 is 0 Å². The number of esters is 1. The van der Waals surface area contributed by atoms with Gasteiger partial charge in [0, 0.05) is 0 Å². The zero-order valence-corrected chi connectivity index (χ0v) is 23.0. The van der Waals surface area contributed by atoms with Gasteiger partial charge in [-0.15, -0.1) is 9.22 Å². The molecule has 0 aromatic rings. The third-order valence-corrected chi connectivity index (χ3v) is 5.80. The molecule has 0 spiro atoms. The molecule has 0 aliphatic rings. The van der Waals surface area contributed by atoms with Gasteiger partial charge < -0.3 is 9.62 Å². The van der Waals surface area contributed by atoms with Crippen molar-refractivity contribution in [2.45, 2.75) is 84.4 Å². The van der Waals surface area contributed by atoms with Crippen LogP contribution in [0.15, 0.2) is 11.8 Å². The molecule has 50 heavy (non-hydrogen) atoms. The van der Waals surface area contributed by atoms with E-state index in [2.05, 4.69) is 23.9 Å². The second-order valence-electron chi connectivity index (χ2n) is 8.67. The minimum atomic E-state index is -8.19. The molecule has 1 unspecified atom stereocenters. The summed E-state index contributed by atoms with van der Waals surface area (Å²) in [5, 5.41) is 7.36. The molecule has 0 rings (SSSR count). The van der Waals surface area contributed by atoms with E-state index in [-0.39, 0.29) is 0 Å². The van der Waals surface area contributed by atoms with Crippen molar-refractivity contribution in [1.82, 2.24) is 0 Å². The molecule has 0 aromatic heterocycles. The Labute approximate surface area is 261 Å². The van der Waals surface area contributed by atoms with Gasteiger partial charge in [-0.1, -0.05) is 5.04 Å². The fourth-order valence-electron chi connectivity index (χ4n) is 2.39. The number of allylic oxidation sites excluding steroid dienone is 1. The number of hydrogen-bond donors (Lipinski definition) is 1. The Morgan fingerprint density at radius 1 is 0.640 bits per heavy atom. The van der Waals surface area contributed by atoms with Gasteiger partial charge in [-0.2, -0.15) is 79.0 Å². The van der Waals surface area contributed by atoms with Crippen LogP contribution in [0.1, 0.15) is 6.42 Å². The predicted octanol–water partition coefficient (Wildman–Crippen LogP) is 8.66. The van der Waals surface area contributed by atoms with E-state index in [4.69, 9.17) is 5.26 Å². The van der Waals surface area contributed by atoms with Crippen LogP contribution in [0.4, 0.5) is 105 Å². The van der Waals surface area contributed by atoms with Crippen molar-refractivity contribution in [1.29, 1.82) is 0 Å². The molecule has 0 aliphatic heterocycles. The standard InChI is InChI=1S/C18H10F24O7S/c19-7(20)10(25,26)2-4(46-47-18(41,42)16(37,38)13(31,32)9(23)24)1-5(50-49-48-44)6(43)45-3-11(27,28)14(33,34)17(39,40)15(35,36)12(29,30)8(21)22/h1,5,7-9,44H,2-3H2/b4-1-. The number of hydrogen-bond acceptors (Lipinski definition) is 8. The molecular weight excluding hydrogens is 816 g/mol. The van der Waals surface area contributed by atoms with Gasteiger partial charge in [-0.25, -0.2) is 31.6 Å². The molecule has 1 N–H and O–H groups in total. The lowest BCUT2D eigenvalue weighted by molar-refractivity contribution is -0.500. The molecule has 0 saturated heterocycles. The summed E-state index contributed by atoms with van der Waals surface area (Å²) in [4.78, 5) is 17.4. The Bertz CT molecular complexity index is 1160. The highest BCUT2D eigenvalue weighted by molar-refractivity contribution is 7.96. The Balaban J connectivity index is 6.70. The van der Waals surface area contributed by atoms with Gasteiger partial charge >= 0.3 is 78.7 Å². The molecule has 0 aromatic carbocycles. The quantitative estimate of drug-likeness (QED) is 0.0308. The molecule has 32 heteroatoms. The second kappa shape index (κ2) is 15.6. The van der Waals surface area contributed by atoms with Crippen LogP contribution in [0.3, 0.4) is 0 Å². The number of alkyl halides is 24. The van der Waals surface area contributed by atoms with Crippen LogP contribution in [0.2, 0.25) is 0 Å². The SMILES string of the molecule is O=C(OCC(F)(F)C(F)(F)C(F)(F)C(F)(F)C(F)(F)C(F)F)C(/C=C(/CC(F)(F)C(F)F)OOC(F)(F)C(F)(F)C(F)(F)C(F)F)SOOO. The normalized spacial score (nSPS) is 16.0. The first-order valence-corrected chi connectivity index (χ1v) is 11.9. The van der Waals surface area contributed by atoms with Crippen molar-refractivity contribution >= 4 is 18.0 Å². The first-order valence-electron chi connectivity index (χ1n) is 11.1. The Morgan fingerprint density at radius 3 is 1.48 bits per heavy atom. The molecule has 7 nitrogen and oxygen atoms in total. The van der Waals surface area contributed by atoms with Crippen molar-refractivity contribution in [3.8, 4) is 0 Å². The molecule has 0 aliphatic carbocycles. The maximum Gasteiger partial charge on any atom is 0.461 e. The van der Waals surface area contributed by atoms with E-state index in [1.807, 2.05) is 0 Å². The van der Waals surface area contributed by atoms with Gasteiger partial charge in [0.2, 0.25) is 0 Å². The van der Waals surface area contributed by atoms with Crippen LogP contribution in [-0.2, 0) is 28.7 Å². The van der Waals surface area contributed by atoms with Crippen molar-refractivity contribution in [2.24, 2.45) is 0 Å². The maximum atomic E-state index is 13.9. The van der Waals surface area contributed by atoms with E-state index in [9.17, 15) is 110 Å². The molecule has 0 saturated carbocycles. The zero-order valence-electron chi connectivity index (χ0n) is 22.2. The van der Waals surface area contributed by atoms with Crippen molar-refractivity contribution in [3.05, 3.63) is 11.8 Å². The smallest absolute Gasteiger partial charge is 0.458 e. The van der Waals surface area contributed by atoms with E-state index in [1.54, 1.807) is 0 Å². The molecule has 0 bridgehead atoms. The van der Waals surface area contributed by atoms with E-state index < -0.39 is 121 Å². The van der Waals surface area contributed by atoms with Crippen molar-refractivity contribution in [3.63, 3.8) is 0 Å². The topological polar surface area (TPSA) is 83.5 Å². The van der Waals surface area contributed by atoms with E-state index in [0.717, 1.165) is 0 Å². The van der Waals surface area contributed by atoms with E-state index >= 15 is 0 Å². The minimum Gasteiger partial charge on any atom is -0.458 e. The average Bonchev–Trinajstić information content (AvgIpc) is 2.95. The van der Waals surface area contributed by atoms with Crippen LogP contribution in [0, 0.1) is 0 Å².